The van der Waals surface area contributed by atoms with Crippen molar-refractivity contribution < 1.29 is 18.8 Å². The van der Waals surface area contributed by atoms with Crippen LogP contribution in [0, 0.1) is 5.82 Å². The highest BCUT2D eigenvalue weighted by molar-refractivity contribution is 8.18. The minimum Gasteiger partial charge on any atom is -0.354 e. The smallest absolute Gasteiger partial charge is 0.293 e. The van der Waals surface area contributed by atoms with E-state index in [1.54, 1.807) is 30.3 Å². The van der Waals surface area contributed by atoms with Gasteiger partial charge in [0.05, 0.1) is 11.3 Å². The van der Waals surface area contributed by atoms with E-state index in [1.165, 1.54) is 18.2 Å². The molecule has 0 bridgehead atoms. The van der Waals surface area contributed by atoms with Crippen molar-refractivity contribution in [1.29, 1.82) is 0 Å². The number of halogens is 3. The molecule has 3 rings (SSSR count). The van der Waals surface area contributed by atoms with Gasteiger partial charge >= 0.3 is 0 Å². The monoisotopic (exact) mass is 452 g/mol. The van der Waals surface area contributed by atoms with E-state index in [4.69, 9.17) is 23.2 Å². The zero-order chi connectivity index (χ0) is 21.0. The minimum atomic E-state index is -0.564. The van der Waals surface area contributed by atoms with E-state index in [9.17, 15) is 18.8 Å². The van der Waals surface area contributed by atoms with Gasteiger partial charge in [-0.25, -0.2) is 4.39 Å². The van der Waals surface area contributed by atoms with E-state index >= 15 is 0 Å². The Morgan fingerprint density at radius 2 is 1.86 bits per heavy atom. The van der Waals surface area contributed by atoms with Gasteiger partial charge in [0.2, 0.25) is 5.91 Å². The van der Waals surface area contributed by atoms with Gasteiger partial charge in [-0.15, -0.1) is 0 Å². The average molecular weight is 453 g/mol. The lowest BCUT2D eigenvalue weighted by Crippen LogP contribution is -2.37. The third-order valence-electron chi connectivity index (χ3n) is 4.10. The first-order chi connectivity index (χ1) is 13.8. The van der Waals surface area contributed by atoms with Crippen LogP contribution in [0.25, 0.3) is 6.08 Å². The van der Waals surface area contributed by atoms with Crippen molar-refractivity contribution in [1.82, 2.24) is 10.2 Å². The van der Waals surface area contributed by atoms with E-state index in [0.717, 1.165) is 22.2 Å². The van der Waals surface area contributed by atoms with E-state index in [0.29, 0.717) is 9.93 Å². The molecular formula is C20H15Cl2FN2O3S. The SMILES string of the molecule is O=C(Cc1c(F)cccc1Cl)NCCN1C(=O)S/C(=C\c2ccc(Cl)cc2)C1=O. The lowest BCUT2D eigenvalue weighted by molar-refractivity contribution is -0.124. The zero-order valence-electron chi connectivity index (χ0n) is 15.0. The second-order valence-electron chi connectivity index (χ2n) is 6.11. The average Bonchev–Trinajstić information content (AvgIpc) is 2.94. The lowest BCUT2D eigenvalue weighted by atomic mass is 10.1. The molecule has 2 aromatic rings. The summed E-state index contributed by atoms with van der Waals surface area (Å²) < 4.78 is 13.7. The summed E-state index contributed by atoms with van der Waals surface area (Å²) in [6.07, 6.45) is 1.38. The Kier molecular flexibility index (Phi) is 6.95. The third-order valence-corrected chi connectivity index (χ3v) is 5.61. The van der Waals surface area contributed by atoms with Crippen molar-refractivity contribution in [2.45, 2.75) is 6.42 Å². The second kappa shape index (κ2) is 9.43. The summed E-state index contributed by atoms with van der Waals surface area (Å²) >= 11 is 12.6. The van der Waals surface area contributed by atoms with Crippen molar-refractivity contribution >= 4 is 58.1 Å². The van der Waals surface area contributed by atoms with Crippen LogP contribution < -0.4 is 5.32 Å². The van der Waals surface area contributed by atoms with Gasteiger partial charge in [-0.05, 0) is 47.7 Å². The van der Waals surface area contributed by atoms with Crippen LogP contribution in [0.5, 0.6) is 0 Å². The van der Waals surface area contributed by atoms with Crippen molar-refractivity contribution in [2.24, 2.45) is 0 Å². The number of thioether (sulfide) groups is 1. The number of hydrogen-bond donors (Lipinski definition) is 1. The Labute approximate surface area is 180 Å². The molecule has 1 saturated heterocycles. The summed E-state index contributed by atoms with van der Waals surface area (Å²) in [5.74, 6) is -1.45. The third kappa shape index (κ3) is 5.38. The summed E-state index contributed by atoms with van der Waals surface area (Å²) in [5, 5.41) is 2.89. The summed E-state index contributed by atoms with van der Waals surface area (Å²) in [6.45, 7) is 0.0660. The Hall–Kier alpha value is -2.35. The summed E-state index contributed by atoms with van der Waals surface area (Å²) in [6, 6.07) is 11.0. The molecule has 1 N–H and O–H groups in total. The number of carbonyl (C=O) groups is 3. The van der Waals surface area contributed by atoms with Crippen LogP contribution in [0.3, 0.4) is 0 Å². The quantitative estimate of drug-likeness (QED) is 0.653. The lowest BCUT2D eigenvalue weighted by Gasteiger charge is -2.13. The molecule has 0 aliphatic carbocycles. The van der Waals surface area contributed by atoms with E-state index < -0.39 is 22.9 Å². The van der Waals surface area contributed by atoms with Crippen LogP contribution in [-0.4, -0.2) is 35.0 Å². The highest BCUT2D eigenvalue weighted by Gasteiger charge is 2.34. The molecule has 0 atom stereocenters. The Morgan fingerprint density at radius 3 is 2.55 bits per heavy atom. The Bertz CT molecular complexity index is 975. The van der Waals surface area contributed by atoms with Crippen LogP contribution in [0.1, 0.15) is 11.1 Å². The Morgan fingerprint density at radius 1 is 1.14 bits per heavy atom. The number of imide groups is 1. The molecule has 29 heavy (non-hydrogen) atoms. The van der Waals surface area contributed by atoms with Crippen molar-refractivity contribution in [3.63, 3.8) is 0 Å². The largest absolute Gasteiger partial charge is 0.354 e. The van der Waals surface area contributed by atoms with Gasteiger partial charge in [-0.1, -0.05) is 41.4 Å². The molecular weight excluding hydrogens is 438 g/mol. The summed E-state index contributed by atoms with van der Waals surface area (Å²) in [4.78, 5) is 38.0. The van der Waals surface area contributed by atoms with Crippen molar-refractivity contribution in [3.8, 4) is 0 Å². The van der Waals surface area contributed by atoms with Gasteiger partial charge in [0, 0.05) is 28.7 Å². The molecule has 0 spiro atoms. The maximum absolute atomic E-state index is 13.7. The zero-order valence-corrected chi connectivity index (χ0v) is 17.3. The van der Waals surface area contributed by atoms with Crippen molar-refractivity contribution in [3.05, 3.63) is 74.4 Å². The Balaban J connectivity index is 1.55. The van der Waals surface area contributed by atoms with Gasteiger partial charge in [-0.3, -0.25) is 19.3 Å². The molecule has 1 aliphatic heterocycles. The molecule has 3 amide bonds. The van der Waals surface area contributed by atoms with Gasteiger partial charge in [0.15, 0.2) is 0 Å². The number of carbonyl (C=O) groups excluding carboxylic acids is 3. The van der Waals surface area contributed by atoms with E-state index in [2.05, 4.69) is 5.32 Å². The predicted molar refractivity (Wildman–Crippen MR) is 112 cm³/mol. The molecule has 0 unspecified atom stereocenters. The fourth-order valence-corrected chi connectivity index (χ4v) is 3.86. The molecule has 0 radical (unpaired) electrons. The first kappa shape index (κ1) is 21.4. The molecule has 2 aromatic carbocycles. The van der Waals surface area contributed by atoms with Crippen LogP contribution in [0.4, 0.5) is 9.18 Å². The number of rotatable bonds is 6. The molecule has 9 heteroatoms. The fraction of sp³-hybridized carbons (Fsp3) is 0.150. The van der Waals surface area contributed by atoms with Gasteiger partial charge in [0.25, 0.3) is 11.1 Å². The predicted octanol–water partition coefficient (Wildman–Crippen LogP) is 4.53. The van der Waals surface area contributed by atoms with Crippen molar-refractivity contribution in [2.75, 3.05) is 13.1 Å². The van der Waals surface area contributed by atoms with Crippen LogP contribution in [0.15, 0.2) is 47.4 Å². The normalized spacial score (nSPS) is 15.3. The van der Waals surface area contributed by atoms with Gasteiger partial charge < -0.3 is 5.32 Å². The first-order valence-electron chi connectivity index (χ1n) is 8.55. The van der Waals surface area contributed by atoms with Gasteiger partial charge in [0.1, 0.15) is 5.82 Å². The molecule has 150 valence electrons. The summed E-state index contributed by atoms with van der Waals surface area (Å²) in [7, 11) is 0. The number of amides is 3. The van der Waals surface area contributed by atoms with Gasteiger partial charge in [-0.2, -0.15) is 0 Å². The number of hydrogen-bond acceptors (Lipinski definition) is 4. The topological polar surface area (TPSA) is 66.5 Å². The molecule has 5 nitrogen and oxygen atoms in total. The molecule has 0 saturated carbocycles. The van der Waals surface area contributed by atoms with E-state index in [-0.39, 0.29) is 30.1 Å². The highest BCUT2D eigenvalue weighted by Crippen LogP contribution is 2.32. The molecule has 1 fully saturated rings. The fourth-order valence-electron chi connectivity index (χ4n) is 2.63. The standard InChI is InChI=1S/C20H15Cl2FN2O3S/c21-13-6-4-12(5-7-13)10-17-19(27)25(20(28)29-17)9-8-24-18(26)11-14-15(22)2-1-3-16(14)23/h1-7,10H,8-9,11H2,(H,24,26)/b17-10-. The van der Waals surface area contributed by atoms with Crippen LogP contribution >= 0.6 is 35.0 Å². The van der Waals surface area contributed by atoms with Crippen LogP contribution in [-0.2, 0) is 16.0 Å². The number of nitrogens with one attached hydrogen (secondary N) is 1. The maximum atomic E-state index is 13.7. The maximum Gasteiger partial charge on any atom is 0.293 e. The molecule has 1 heterocycles. The minimum absolute atomic E-state index is 0.0133. The van der Waals surface area contributed by atoms with E-state index in [1.807, 2.05) is 0 Å². The summed E-state index contributed by atoms with van der Waals surface area (Å²) in [5.41, 5.74) is 0.846. The molecule has 1 aliphatic rings. The molecule has 0 aromatic heterocycles. The number of nitrogens with zero attached hydrogens (tertiary/aromatic N) is 1. The highest BCUT2D eigenvalue weighted by atomic mass is 35.5. The first-order valence-corrected chi connectivity index (χ1v) is 10.1. The van der Waals surface area contributed by atoms with Crippen LogP contribution in [0.2, 0.25) is 10.0 Å². The number of benzene rings is 2. The second-order valence-corrected chi connectivity index (χ2v) is 7.95.